The van der Waals surface area contributed by atoms with E-state index in [-0.39, 0.29) is 6.10 Å². The summed E-state index contributed by atoms with van der Waals surface area (Å²) in [6, 6.07) is 4.47. The highest BCUT2D eigenvalue weighted by molar-refractivity contribution is 5.53. The summed E-state index contributed by atoms with van der Waals surface area (Å²) >= 11 is 0. The van der Waals surface area contributed by atoms with Gasteiger partial charge in [-0.1, -0.05) is 0 Å². The third kappa shape index (κ3) is 3.60. The van der Waals surface area contributed by atoms with Crippen LogP contribution in [0.4, 0.5) is 5.82 Å². The van der Waals surface area contributed by atoms with E-state index in [1.54, 1.807) is 0 Å². The highest BCUT2D eigenvalue weighted by atomic mass is 16.5. The Morgan fingerprint density at radius 2 is 2.37 bits per heavy atom. The molecule has 1 atom stereocenters. The Morgan fingerprint density at radius 1 is 1.53 bits per heavy atom. The molecule has 0 saturated carbocycles. The third-order valence-corrected chi connectivity index (χ3v) is 3.44. The second kappa shape index (κ2) is 6.75. The van der Waals surface area contributed by atoms with Gasteiger partial charge < -0.3 is 15.0 Å². The Kier molecular flexibility index (Phi) is 5.02. The van der Waals surface area contributed by atoms with Gasteiger partial charge in [-0.05, 0) is 52.3 Å². The number of nitrogens with zero attached hydrogens (tertiary/aromatic N) is 2. The van der Waals surface area contributed by atoms with Crippen LogP contribution < -0.4 is 15.0 Å². The number of rotatable bonds is 5. The molecule has 1 saturated heterocycles. The number of ether oxygens (including phenoxy) is 1. The molecule has 2 heterocycles. The Labute approximate surface area is 116 Å². The lowest BCUT2D eigenvalue weighted by Crippen LogP contribution is -2.46. The van der Waals surface area contributed by atoms with Crippen molar-refractivity contribution >= 4 is 5.82 Å². The first-order chi connectivity index (χ1) is 9.22. The Hall–Kier alpha value is -1.29. The molecule has 0 bridgehead atoms. The van der Waals surface area contributed by atoms with Crippen molar-refractivity contribution in [2.24, 2.45) is 0 Å². The van der Waals surface area contributed by atoms with Gasteiger partial charge in [-0.25, -0.2) is 4.98 Å². The van der Waals surface area contributed by atoms with E-state index in [1.807, 2.05) is 18.3 Å². The van der Waals surface area contributed by atoms with Crippen LogP contribution in [0.3, 0.4) is 0 Å². The normalized spacial score (nSPS) is 19.5. The second-order valence-corrected chi connectivity index (χ2v) is 5.28. The zero-order valence-corrected chi connectivity index (χ0v) is 12.2. The van der Waals surface area contributed by atoms with E-state index in [9.17, 15) is 0 Å². The van der Waals surface area contributed by atoms with Crippen molar-refractivity contribution in [3.63, 3.8) is 0 Å². The van der Waals surface area contributed by atoms with Crippen molar-refractivity contribution in [2.45, 2.75) is 45.8 Å². The molecule has 1 aliphatic heterocycles. The summed E-state index contributed by atoms with van der Waals surface area (Å²) in [6.45, 7) is 9.40. The summed E-state index contributed by atoms with van der Waals surface area (Å²) in [4.78, 5) is 6.92. The maximum atomic E-state index is 5.89. The van der Waals surface area contributed by atoms with Crippen LogP contribution in [0.25, 0.3) is 0 Å². The fourth-order valence-electron chi connectivity index (χ4n) is 2.62. The van der Waals surface area contributed by atoms with Gasteiger partial charge >= 0.3 is 0 Å². The summed E-state index contributed by atoms with van der Waals surface area (Å²) in [7, 11) is 0. The molecule has 1 aliphatic rings. The van der Waals surface area contributed by atoms with Crippen LogP contribution in [0.15, 0.2) is 18.3 Å². The maximum absolute atomic E-state index is 5.89. The number of hydrogen-bond donors (Lipinski definition) is 1. The zero-order valence-electron chi connectivity index (χ0n) is 12.2. The fraction of sp³-hybridized carbons (Fsp3) is 0.667. The number of nitrogens with one attached hydrogen (secondary N) is 1. The summed E-state index contributed by atoms with van der Waals surface area (Å²) in [5.41, 5.74) is 0. The highest BCUT2D eigenvalue weighted by Gasteiger charge is 2.23. The van der Waals surface area contributed by atoms with Crippen LogP contribution in [0.5, 0.6) is 5.75 Å². The lowest BCUT2D eigenvalue weighted by molar-refractivity contribution is 0.241. The predicted molar refractivity (Wildman–Crippen MR) is 78.9 cm³/mol. The molecule has 0 aliphatic carbocycles. The molecule has 0 spiro atoms. The number of pyridine rings is 1. The third-order valence-electron chi connectivity index (χ3n) is 3.44. The van der Waals surface area contributed by atoms with Gasteiger partial charge in [0.25, 0.3) is 0 Å². The Bertz CT molecular complexity index is 389. The number of aromatic nitrogens is 1. The minimum absolute atomic E-state index is 0.172. The molecule has 0 radical (unpaired) electrons. The quantitative estimate of drug-likeness (QED) is 0.885. The molecular formula is C15H25N3O. The number of hydrogen-bond acceptors (Lipinski definition) is 4. The largest absolute Gasteiger partial charge is 0.487 e. The van der Waals surface area contributed by atoms with E-state index >= 15 is 0 Å². The molecule has 2 rings (SSSR count). The van der Waals surface area contributed by atoms with Crippen molar-refractivity contribution < 1.29 is 4.74 Å². The van der Waals surface area contributed by atoms with Gasteiger partial charge in [0.15, 0.2) is 11.6 Å². The summed E-state index contributed by atoms with van der Waals surface area (Å²) < 4.78 is 5.89. The van der Waals surface area contributed by atoms with Crippen LogP contribution in [0, 0.1) is 0 Å². The first kappa shape index (κ1) is 14.1. The van der Waals surface area contributed by atoms with E-state index < -0.39 is 0 Å². The van der Waals surface area contributed by atoms with Gasteiger partial charge in [0.2, 0.25) is 0 Å². The molecule has 1 aromatic rings. The van der Waals surface area contributed by atoms with E-state index in [0.29, 0.717) is 6.04 Å². The monoisotopic (exact) mass is 263 g/mol. The number of anilines is 1. The van der Waals surface area contributed by atoms with Crippen molar-refractivity contribution in [1.29, 1.82) is 0 Å². The molecule has 1 fully saturated rings. The molecule has 4 heteroatoms. The topological polar surface area (TPSA) is 37.4 Å². The number of piperidine rings is 1. The molecule has 4 nitrogen and oxygen atoms in total. The van der Waals surface area contributed by atoms with Crippen LogP contribution in [0.1, 0.15) is 33.6 Å². The van der Waals surface area contributed by atoms with E-state index in [1.165, 1.54) is 12.8 Å². The zero-order chi connectivity index (χ0) is 13.7. The first-order valence-corrected chi connectivity index (χ1v) is 7.31. The smallest absolute Gasteiger partial charge is 0.171 e. The van der Waals surface area contributed by atoms with Crippen molar-refractivity contribution in [2.75, 3.05) is 24.5 Å². The molecular weight excluding hydrogens is 238 g/mol. The van der Waals surface area contributed by atoms with Crippen molar-refractivity contribution in [1.82, 2.24) is 10.3 Å². The SMILES string of the molecule is CCN(c1ncccc1OC(C)C)C1CCCNC1. The summed E-state index contributed by atoms with van der Waals surface area (Å²) in [6.07, 6.45) is 4.47. The second-order valence-electron chi connectivity index (χ2n) is 5.28. The lowest BCUT2D eigenvalue weighted by atomic mass is 10.1. The van der Waals surface area contributed by atoms with Crippen LogP contribution in [0.2, 0.25) is 0 Å². The summed E-state index contributed by atoms with van der Waals surface area (Å²) in [5, 5.41) is 3.47. The molecule has 1 N–H and O–H groups in total. The molecule has 19 heavy (non-hydrogen) atoms. The van der Waals surface area contributed by atoms with Crippen LogP contribution >= 0.6 is 0 Å². The lowest BCUT2D eigenvalue weighted by Gasteiger charge is -2.35. The molecule has 106 valence electrons. The van der Waals surface area contributed by atoms with Gasteiger partial charge in [0.1, 0.15) is 0 Å². The minimum atomic E-state index is 0.172. The Balaban J connectivity index is 2.21. The van der Waals surface area contributed by atoms with E-state index in [4.69, 9.17) is 4.74 Å². The summed E-state index contributed by atoms with van der Waals surface area (Å²) in [5.74, 6) is 1.87. The van der Waals surface area contributed by atoms with Gasteiger partial charge in [-0.2, -0.15) is 0 Å². The molecule has 1 aromatic heterocycles. The molecule has 1 unspecified atom stereocenters. The van der Waals surface area contributed by atoms with Crippen molar-refractivity contribution in [3.8, 4) is 5.75 Å². The van der Waals surface area contributed by atoms with Gasteiger partial charge in [-0.3, -0.25) is 0 Å². The molecule has 0 aromatic carbocycles. The first-order valence-electron chi connectivity index (χ1n) is 7.31. The maximum Gasteiger partial charge on any atom is 0.171 e. The fourth-order valence-corrected chi connectivity index (χ4v) is 2.62. The minimum Gasteiger partial charge on any atom is -0.487 e. The van der Waals surface area contributed by atoms with Gasteiger partial charge in [-0.15, -0.1) is 0 Å². The standard InChI is InChI=1S/C15H25N3O/c1-4-18(13-7-5-9-16-11-13)15-14(19-12(2)3)8-6-10-17-15/h6,8,10,12-13,16H,4-5,7,9,11H2,1-3H3. The Morgan fingerprint density at radius 3 is 3.00 bits per heavy atom. The van der Waals surface area contributed by atoms with Crippen LogP contribution in [-0.4, -0.2) is 36.8 Å². The van der Waals surface area contributed by atoms with E-state index in [2.05, 4.69) is 36.0 Å². The van der Waals surface area contributed by atoms with Crippen LogP contribution in [-0.2, 0) is 0 Å². The average molecular weight is 263 g/mol. The van der Waals surface area contributed by atoms with Gasteiger partial charge in [0, 0.05) is 25.3 Å². The highest BCUT2D eigenvalue weighted by Crippen LogP contribution is 2.29. The predicted octanol–water partition coefficient (Wildman–Crippen LogP) is 2.45. The van der Waals surface area contributed by atoms with Crippen molar-refractivity contribution in [3.05, 3.63) is 18.3 Å². The number of likely N-dealkylation sites (N-methyl/N-ethyl adjacent to an activating group) is 1. The molecule has 0 amide bonds. The van der Waals surface area contributed by atoms with Gasteiger partial charge in [0.05, 0.1) is 6.10 Å². The average Bonchev–Trinajstić information content (AvgIpc) is 2.42. The van der Waals surface area contributed by atoms with E-state index in [0.717, 1.165) is 31.2 Å².